The Bertz CT molecular complexity index is 596. The highest BCUT2D eigenvalue weighted by Crippen LogP contribution is 2.51. The molecular formula is C12H5Br5O2. The average Bonchev–Trinajstić information content (AvgIpc) is 2.41. The zero-order chi connectivity index (χ0) is 14.2. The summed E-state index contributed by atoms with van der Waals surface area (Å²) in [5, 5.41) is 10.1. The Labute approximate surface area is 152 Å². The van der Waals surface area contributed by atoms with Crippen LogP contribution < -0.4 is 4.74 Å². The SMILES string of the molecule is Oc1c(Br)c(Br)c(Br)c(Br)c1Oc1ccc(Br)cc1. The normalized spacial score (nSPS) is 10.6. The van der Waals surface area contributed by atoms with Crippen LogP contribution in [0.4, 0.5) is 0 Å². The van der Waals surface area contributed by atoms with E-state index >= 15 is 0 Å². The van der Waals surface area contributed by atoms with Gasteiger partial charge in [-0.05, 0) is 88.0 Å². The molecule has 0 heterocycles. The van der Waals surface area contributed by atoms with Gasteiger partial charge >= 0.3 is 0 Å². The predicted molar refractivity (Wildman–Crippen MR) is 93.1 cm³/mol. The van der Waals surface area contributed by atoms with Gasteiger partial charge in [-0.2, -0.15) is 0 Å². The molecule has 0 aliphatic rings. The standard InChI is InChI=1S/C12H5Br5O2/c13-5-1-3-6(4-2-5)19-12-10(17)8(15)7(14)9(16)11(12)18/h1-4,18H. The van der Waals surface area contributed by atoms with Crippen molar-refractivity contribution >= 4 is 79.6 Å². The maximum absolute atomic E-state index is 10.1. The molecule has 0 fully saturated rings. The molecule has 2 aromatic carbocycles. The number of ether oxygens (including phenoxy) is 1. The van der Waals surface area contributed by atoms with Gasteiger partial charge in [-0.15, -0.1) is 0 Å². The Balaban J connectivity index is 2.48. The molecule has 7 heteroatoms. The fourth-order valence-electron chi connectivity index (χ4n) is 1.31. The molecule has 1 N–H and O–H groups in total. The molecule has 0 saturated heterocycles. The van der Waals surface area contributed by atoms with E-state index in [4.69, 9.17) is 4.74 Å². The van der Waals surface area contributed by atoms with Gasteiger partial charge in [-0.1, -0.05) is 15.9 Å². The third kappa shape index (κ3) is 3.37. The van der Waals surface area contributed by atoms with Crippen LogP contribution >= 0.6 is 79.6 Å². The van der Waals surface area contributed by atoms with Crippen LogP contribution in [-0.4, -0.2) is 5.11 Å². The highest BCUT2D eigenvalue weighted by molar-refractivity contribution is 9.15. The van der Waals surface area contributed by atoms with Crippen LogP contribution in [0.5, 0.6) is 17.2 Å². The zero-order valence-electron chi connectivity index (χ0n) is 9.05. The van der Waals surface area contributed by atoms with E-state index in [0.29, 0.717) is 24.9 Å². The van der Waals surface area contributed by atoms with Crippen molar-refractivity contribution in [2.45, 2.75) is 0 Å². The van der Waals surface area contributed by atoms with Gasteiger partial charge in [0.25, 0.3) is 0 Å². The van der Waals surface area contributed by atoms with Crippen LogP contribution in [0.1, 0.15) is 0 Å². The molecule has 0 atom stereocenters. The van der Waals surface area contributed by atoms with E-state index < -0.39 is 0 Å². The Morgan fingerprint density at radius 1 is 0.737 bits per heavy atom. The van der Waals surface area contributed by atoms with E-state index in [1.807, 2.05) is 12.1 Å². The minimum absolute atomic E-state index is 0.0184. The molecule has 0 saturated carbocycles. The number of halogens is 5. The van der Waals surface area contributed by atoms with Gasteiger partial charge in [0.1, 0.15) is 5.75 Å². The van der Waals surface area contributed by atoms with E-state index in [1.54, 1.807) is 12.1 Å². The first-order valence-corrected chi connectivity index (χ1v) is 8.86. The quantitative estimate of drug-likeness (QED) is 0.306. The van der Waals surface area contributed by atoms with Gasteiger partial charge in [0, 0.05) is 4.47 Å². The lowest BCUT2D eigenvalue weighted by Crippen LogP contribution is -1.89. The van der Waals surface area contributed by atoms with Crippen molar-refractivity contribution in [3.05, 3.63) is 46.6 Å². The lowest BCUT2D eigenvalue weighted by molar-refractivity contribution is 0.406. The monoisotopic (exact) mass is 576 g/mol. The van der Waals surface area contributed by atoms with Crippen LogP contribution in [0.25, 0.3) is 0 Å². The third-order valence-corrected chi connectivity index (χ3v) is 7.47. The minimum Gasteiger partial charge on any atom is -0.503 e. The summed E-state index contributed by atoms with van der Waals surface area (Å²) < 4.78 is 9.29. The van der Waals surface area contributed by atoms with Crippen molar-refractivity contribution in [3.8, 4) is 17.2 Å². The Hall–Kier alpha value is 0.440. The summed E-state index contributed by atoms with van der Waals surface area (Å²) in [6.45, 7) is 0. The number of benzene rings is 2. The Morgan fingerprint density at radius 2 is 1.26 bits per heavy atom. The highest BCUT2D eigenvalue weighted by Gasteiger charge is 2.20. The lowest BCUT2D eigenvalue weighted by atomic mass is 10.3. The third-order valence-electron chi connectivity index (χ3n) is 2.23. The summed E-state index contributed by atoms with van der Waals surface area (Å²) in [7, 11) is 0. The van der Waals surface area contributed by atoms with E-state index in [2.05, 4.69) is 79.6 Å². The second kappa shape index (κ2) is 6.47. The summed E-state index contributed by atoms with van der Waals surface area (Å²) in [6, 6.07) is 7.34. The van der Waals surface area contributed by atoms with E-state index in [0.717, 1.165) is 8.95 Å². The van der Waals surface area contributed by atoms with Gasteiger partial charge in [-0.25, -0.2) is 0 Å². The van der Waals surface area contributed by atoms with Crippen LogP contribution in [0.2, 0.25) is 0 Å². The molecule has 0 aliphatic heterocycles. The molecule has 2 rings (SSSR count). The van der Waals surface area contributed by atoms with Crippen LogP contribution in [0.15, 0.2) is 46.6 Å². The first-order chi connectivity index (χ1) is 8.91. The summed E-state index contributed by atoms with van der Waals surface area (Å²) >= 11 is 16.8. The smallest absolute Gasteiger partial charge is 0.185 e. The molecule has 0 bridgehead atoms. The first-order valence-electron chi connectivity index (χ1n) is 4.90. The van der Waals surface area contributed by atoms with Crippen LogP contribution in [0.3, 0.4) is 0 Å². The number of rotatable bonds is 2. The van der Waals surface area contributed by atoms with Crippen molar-refractivity contribution in [2.75, 3.05) is 0 Å². The van der Waals surface area contributed by atoms with E-state index in [-0.39, 0.29) is 5.75 Å². The fraction of sp³-hybridized carbons (Fsp3) is 0. The fourth-order valence-corrected chi connectivity index (χ4v) is 3.72. The summed E-state index contributed by atoms with van der Waals surface area (Å²) in [4.78, 5) is 0. The maximum Gasteiger partial charge on any atom is 0.185 e. The Kier molecular flexibility index (Phi) is 5.39. The van der Waals surface area contributed by atoms with Gasteiger partial charge in [0.15, 0.2) is 11.5 Å². The number of hydrogen-bond donors (Lipinski definition) is 1. The zero-order valence-corrected chi connectivity index (χ0v) is 17.0. The van der Waals surface area contributed by atoms with Crippen LogP contribution in [-0.2, 0) is 0 Å². The second-order valence-electron chi connectivity index (χ2n) is 3.49. The summed E-state index contributed by atoms with van der Waals surface area (Å²) in [5.74, 6) is 0.981. The van der Waals surface area contributed by atoms with Crippen molar-refractivity contribution in [2.24, 2.45) is 0 Å². The average molecular weight is 581 g/mol. The van der Waals surface area contributed by atoms with E-state index in [9.17, 15) is 5.11 Å². The van der Waals surface area contributed by atoms with Gasteiger partial charge in [0.2, 0.25) is 0 Å². The van der Waals surface area contributed by atoms with Crippen molar-refractivity contribution in [1.29, 1.82) is 0 Å². The number of aromatic hydroxyl groups is 1. The molecule has 0 aromatic heterocycles. The van der Waals surface area contributed by atoms with Crippen molar-refractivity contribution in [1.82, 2.24) is 0 Å². The van der Waals surface area contributed by atoms with Gasteiger partial charge in [0.05, 0.1) is 17.9 Å². The van der Waals surface area contributed by atoms with Crippen molar-refractivity contribution < 1.29 is 9.84 Å². The number of hydrogen-bond acceptors (Lipinski definition) is 2. The topological polar surface area (TPSA) is 29.5 Å². The molecule has 0 unspecified atom stereocenters. The Morgan fingerprint density at radius 3 is 1.84 bits per heavy atom. The second-order valence-corrected chi connectivity index (χ2v) is 7.58. The largest absolute Gasteiger partial charge is 0.503 e. The molecule has 19 heavy (non-hydrogen) atoms. The minimum atomic E-state index is 0.0184. The number of phenolic OH excluding ortho intramolecular Hbond substituents is 1. The lowest BCUT2D eigenvalue weighted by Gasteiger charge is -2.14. The van der Waals surface area contributed by atoms with Gasteiger partial charge in [-0.3, -0.25) is 0 Å². The molecule has 2 nitrogen and oxygen atoms in total. The van der Waals surface area contributed by atoms with Crippen LogP contribution in [0, 0.1) is 0 Å². The molecule has 0 radical (unpaired) electrons. The molecule has 2 aromatic rings. The predicted octanol–water partition coefficient (Wildman–Crippen LogP) is 7.00. The molecular weight excluding hydrogens is 576 g/mol. The number of phenols is 1. The molecule has 0 amide bonds. The van der Waals surface area contributed by atoms with Gasteiger partial charge < -0.3 is 9.84 Å². The maximum atomic E-state index is 10.1. The summed E-state index contributed by atoms with van der Waals surface area (Å²) in [6.07, 6.45) is 0. The summed E-state index contributed by atoms with van der Waals surface area (Å²) in [5.41, 5.74) is 0. The first kappa shape index (κ1) is 15.8. The van der Waals surface area contributed by atoms with Crippen molar-refractivity contribution in [3.63, 3.8) is 0 Å². The molecule has 0 aliphatic carbocycles. The molecule has 0 spiro atoms. The van der Waals surface area contributed by atoms with E-state index in [1.165, 1.54) is 0 Å². The highest BCUT2D eigenvalue weighted by atomic mass is 79.9. The molecule has 100 valence electrons.